The first kappa shape index (κ1) is 12.6. The van der Waals surface area contributed by atoms with Crippen LogP contribution in [0.4, 0.5) is 5.69 Å². The Morgan fingerprint density at radius 3 is 2.75 bits per heavy atom. The zero-order valence-electron chi connectivity index (χ0n) is 11.2. The van der Waals surface area contributed by atoms with Gasteiger partial charge in [-0.25, -0.2) is 5.06 Å². The third kappa shape index (κ3) is 2.12. The molecule has 0 spiro atoms. The summed E-state index contributed by atoms with van der Waals surface area (Å²) in [5, 5.41) is 10.9. The fourth-order valence-electron chi connectivity index (χ4n) is 2.28. The quantitative estimate of drug-likeness (QED) is 0.930. The van der Waals surface area contributed by atoms with E-state index < -0.39 is 0 Å². The topological polar surface area (TPSA) is 57.8 Å². The molecule has 0 atom stereocenters. The molecular weight excluding hydrogens is 254 g/mol. The van der Waals surface area contributed by atoms with E-state index in [2.05, 4.69) is 4.99 Å². The molecule has 0 bridgehead atoms. The maximum atomic E-state index is 12.2. The SMILES string of the molecule is Cc1ccc2c(c1)C(=O)C(=NCCn1cccc1)N2O. The van der Waals surface area contributed by atoms with Crippen LogP contribution >= 0.6 is 0 Å². The number of benzene rings is 1. The molecule has 1 aliphatic heterocycles. The Morgan fingerprint density at radius 1 is 1.25 bits per heavy atom. The number of ketones is 1. The Bertz CT molecular complexity index is 674. The molecule has 0 amide bonds. The molecule has 2 heterocycles. The summed E-state index contributed by atoms with van der Waals surface area (Å²) >= 11 is 0. The van der Waals surface area contributed by atoms with Crippen LogP contribution in [0.15, 0.2) is 47.7 Å². The predicted molar refractivity (Wildman–Crippen MR) is 76.5 cm³/mol. The van der Waals surface area contributed by atoms with E-state index >= 15 is 0 Å². The normalized spacial score (nSPS) is 16.0. The minimum atomic E-state index is -0.223. The maximum absolute atomic E-state index is 12.2. The summed E-state index contributed by atoms with van der Waals surface area (Å²) in [6, 6.07) is 9.24. The standard InChI is InChI=1S/C15H15N3O2/c1-11-4-5-13-12(10-11)14(19)15(18(13)20)16-6-9-17-7-2-3-8-17/h2-5,7-8,10,20H,6,9H2,1H3. The Hall–Kier alpha value is -2.40. The minimum Gasteiger partial charge on any atom is -0.352 e. The van der Waals surface area contributed by atoms with Crippen LogP contribution in [0, 0.1) is 6.92 Å². The number of amidine groups is 1. The molecule has 3 rings (SSSR count). The van der Waals surface area contributed by atoms with Gasteiger partial charge in [-0.2, -0.15) is 0 Å². The number of aromatic nitrogens is 1. The van der Waals surface area contributed by atoms with Gasteiger partial charge in [0.15, 0.2) is 0 Å². The van der Waals surface area contributed by atoms with Crippen molar-refractivity contribution in [2.75, 3.05) is 11.6 Å². The maximum Gasteiger partial charge on any atom is 0.232 e. The number of nitrogens with zero attached hydrogens (tertiary/aromatic N) is 3. The molecule has 102 valence electrons. The molecule has 0 saturated carbocycles. The molecular formula is C15H15N3O2. The number of hydroxylamine groups is 1. The third-order valence-corrected chi connectivity index (χ3v) is 3.31. The number of carbonyl (C=O) groups is 1. The summed E-state index contributed by atoms with van der Waals surface area (Å²) in [5.41, 5.74) is 1.99. The highest BCUT2D eigenvalue weighted by atomic mass is 16.5. The Kier molecular flexibility index (Phi) is 3.12. The molecule has 5 nitrogen and oxygen atoms in total. The van der Waals surface area contributed by atoms with Crippen molar-refractivity contribution in [3.63, 3.8) is 0 Å². The molecule has 0 unspecified atom stereocenters. The van der Waals surface area contributed by atoms with Gasteiger partial charge in [0.25, 0.3) is 0 Å². The largest absolute Gasteiger partial charge is 0.352 e. The van der Waals surface area contributed by atoms with E-state index in [0.29, 0.717) is 24.3 Å². The second kappa shape index (κ2) is 4.94. The lowest BCUT2D eigenvalue weighted by Gasteiger charge is -2.09. The van der Waals surface area contributed by atoms with Gasteiger partial charge < -0.3 is 4.57 Å². The number of hydrogen-bond donors (Lipinski definition) is 1. The Labute approximate surface area is 116 Å². The van der Waals surface area contributed by atoms with Crippen molar-refractivity contribution in [3.8, 4) is 0 Å². The zero-order chi connectivity index (χ0) is 14.1. The predicted octanol–water partition coefficient (Wildman–Crippen LogP) is 2.29. The van der Waals surface area contributed by atoms with Crippen molar-refractivity contribution in [3.05, 3.63) is 53.9 Å². The van der Waals surface area contributed by atoms with Crippen LogP contribution in [0.25, 0.3) is 0 Å². The number of rotatable bonds is 3. The summed E-state index contributed by atoms with van der Waals surface area (Å²) < 4.78 is 1.97. The monoisotopic (exact) mass is 269 g/mol. The first-order valence-electron chi connectivity index (χ1n) is 6.46. The summed E-state index contributed by atoms with van der Waals surface area (Å²) in [5.74, 6) is -0.128. The van der Waals surface area contributed by atoms with Crippen LogP contribution in [0.2, 0.25) is 0 Å². The van der Waals surface area contributed by atoms with Gasteiger partial charge in [-0.15, -0.1) is 0 Å². The van der Waals surface area contributed by atoms with E-state index in [-0.39, 0.29) is 11.6 Å². The average Bonchev–Trinajstić information content (AvgIpc) is 3.02. The van der Waals surface area contributed by atoms with Gasteiger partial charge in [0.1, 0.15) is 0 Å². The third-order valence-electron chi connectivity index (χ3n) is 3.31. The van der Waals surface area contributed by atoms with Gasteiger partial charge in [-0.1, -0.05) is 11.6 Å². The van der Waals surface area contributed by atoms with Crippen LogP contribution in [-0.2, 0) is 6.54 Å². The highest BCUT2D eigenvalue weighted by molar-refractivity contribution is 6.53. The lowest BCUT2D eigenvalue weighted by Crippen LogP contribution is -2.27. The van der Waals surface area contributed by atoms with Crippen LogP contribution < -0.4 is 5.06 Å². The van der Waals surface area contributed by atoms with Crippen LogP contribution in [0.5, 0.6) is 0 Å². The number of carbonyl (C=O) groups excluding carboxylic acids is 1. The number of hydrogen-bond acceptors (Lipinski definition) is 3. The summed E-state index contributed by atoms with van der Waals surface area (Å²) in [6.45, 7) is 3.03. The fraction of sp³-hybridized carbons (Fsp3) is 0.200. The highest BCUT2D eigenvalue weighted by Gasteiger charge is 2.32. The van der Waals surface area contributed by atoms with E-state index in [9.17, 15) is 10.0 Å². The van der Waals surface area contributed by atoms with Crippen molar-refractivity contribution < 1.29 is 10.0 Å². The molecule has 2 aromatic rings. The molecule has 0 aliphatic carbocycles. The second-order valence-corrected chi connectivity index (χ2v) is 4.79. The molecule has 5 heteroatoms. The van der Waals surface area contributed by atoms with Gasteiger partial charge in [-0.3, -0.25) is 15.0 Å². The van der Waals surface area contributed by atoms with Crippen molar-refractivity contribution in [1.82, 2.24) is 4.57 Å². The van der Waals surface area contributed by atoms with Gasteiger partial charge in [0.05, 0.1) is 17.8 Å². The summed E-state index contributed by atoms with van der Waals surface area (Å²) in [4.78, 5) is 16.4. The summed E-state index contributed by atoms with van der Waals surface area (Å²) in [7, 11) is 0. The van der Waals surface area contributed by atoms with Crippen LogP contribution in [0.1, 0.15) is 15.9 Å². The fourth-order valence-corrected chi connectivity index (χ4v) is 2.28. The van der Waals surface area contributed by atoms with E-state index in [0.717, 1.165) is 10.6 Å². The lowest BCUT2D eigenvalue weighted by molar-refractivity contribution is 0.106. The molecule has 1 aromatic carbocycles. The van der Waals surface area contributed by atoms with Crippen molar-refractivity contribution >= 4 is 17.3 Å². The lowest BCUT2D eigenvalue weighted by atomic mass is 10.1. The highest BCUT2D eigenvalue weighted by Crippen LogP contribution is 2.28. The number of aryl methyl sites for hydroxylation is 1. The average molecular weight is 269 g/mol. The Balaban J connectivity index is 1.80. The van der Waals surface area contributed by atoms with E-state index in [1.54, 1.807) is 12.1 Å². The number of Topliss-reactive ketones (excluding diaryl/α,β-unsaturated/α-hetero) is 1. The van der Waals surface area contributed by atoms with E-state index in [4.69, 9.17) is 0 Å². The molecule has 0 radical (unpaired) electrons. The summed E-state index contributed by atoms with van der Waals surface area (Å²) in [6.07, 6.45) is 3.87. The van der Waals surface area contributed by atoms with Crippen molar-refractivity contribution in [2.45, 2.75) is 13.5 Å². The molecule has 1 aromatic heterocycles. The number of fused-ring (bicyclic) bond motifs is 1. The molecule has 0 fully saturated rings. The number of aliphatic imine (C=N–C) groups is 1. The van der Waals surface area contributed by atoms with Crippen molar-refractivity contribution in [1.29, 1.82) is 0 Å². The number of anilines is 1. The van der Waals surface area contributed by atoms with Gasteiger partial charge in [0, 0.05) is 18.9 Å². The van der Waals surface area contributed by atoms with Crippen LogP contribution in [0.3, 0.4) is 0 Å². The van der Waals surface area contributed by atoms with Crippen molar-refractivity contribution in [2.24, 2.45) is 4.99 Å². The molecule has 0 saturated heterocycles. The van der Waals surface area contributed by atoms with Gasteiger partial charge >= 0.3 is 0 Å². The van der Waals surface area contributed by atoms with Crippen LogP contribution in [-0.4, -0.2) is 27.9 Å². The first-order valence-corrected chi connectivity index (χ1v) is 6.46. The smallest absolute Gasteiger partial charge is 0.232 e. The molecule has 1 N–H and O–H groups in total. The van der Waals surface area contributed by atoms with E-state index in [1.165, 1.54) is 0 Å². The van der Waals surface area contributed by atoms with E-state index in [1.807, 2.05) is 42.1 Å². The molecule has 20 heavy (non-hydrogen) atoms. The first-order chi connectivity index (χ1) is 9.66. The Morgan fingerprint density at radius 2 is 2.00 bits per heavy atom. The van der Waals surface area contributed by atoms with Gasteiger partial charge in [0.2, 0.25) is 11.6 Å². The zero-order valence-corrected chi connectivity index (χ0v) is 11.2. The minimum absolute atomic E-state index is 0.0951. The molecule has 1 aliphatic rings. The van der Waals surface area contributed by atoms with Gasteiger partial charge in [-0.05, 0) is 31.2 Å². The second-order valence-electron chi connectivity index (χ2n) is 4.79.